The summed E-state index contributed by atoms with van der Waals surface area (Å²) in [5, 5.41) is 11.2. The zero-order valence-corrected chi connectivity index (χ0v) is 16.2. The Bertz CT molecular complexity index is 525. The summed E-state index contributed by atoms with van der Waals surface area (Å²) < 4.78 is 6.96. The van der Waals surface area contributed by atoms with Crippen molar-refractivity contribution in [2.45, 2.75) is 26.3 Å². The summed E-state index contributed by atoms with van der Waals surface area (Å²) in [4.78, 5) is 18.2. The SMILES string of the molecule is CCOC(=O)C1CCN(C(=NC)NCc2nncn2C)CC1.I. The monoisotopic (exact) mass is 436 g/mol. The van der Waals surface area contributed by atoms with Crippen LogP contribution in [0.15, 0.2) is 11.3 Å². The van der Waals surface area contributed by atoms with E-state index in [2.05, 4.69) is 25.4 Å². The second-order valence-electron chi connectivity index (χ2n) is 5.27. The average molecular weight is 436 g/mol. The molecule has 0 bridgehead atoms. The summed E-state index contributed by atoms with van der Waals surface area (Å²) in [5.41, 5.74) is 0. The van der Waals surface area contributed by atoms with Gasteiger partial charge >= 0.3 is 5.97 Å². The smallest absolute Gasteiger partial charge is 0.309 e. The molecule has 2 rings (SSSR count). The third kappa shape index (κ3) is 5.33. The van der Waals surface area contributed by atoms with E-state index in [1.807, 2.05) is 18.5 Å². The highest BCUT2D eigenvalue weighted by atomic mass is 127. The van der Waals surface area contributed by atoms with E-state index in [0.717, 1.165) is 37.7 Å². The van der Waals surface area contributed by atoms with Crippen molar-refractivity contribution in [1.29, 1.82) is 0 Å². The number of carbonyl (C=O) groups excluding carboxylic acids is 1. The molecule has 9 heteroatoms. The molecule has 2 heterocycles. The second-order valence-corrected chi connectivity index (χ2v) is 5.27. The number of rotatable bonds is 4. The molecule has 130 valence electrons. The highest BCUT2D eigenvalue weighted by molar-refractivity contribution is 14.0. The number of aliphatic imine (C=N–C) groups is 1. The van der Waals surface area contributed by atoms with Gasteiger partial charge in [0, 0.05) is 27.2 Å². The number of nitrogens with zero attached hydrogens (tertiary/aromatic N) is 5. The lowest BCUT2D eigenvalue weighted by Gasteiger charge is -2.33. The van der Waals surface area contributed by atoms with Crippen LogP contribution in [0, 0.1) is 5.92 Å². The Hall–Kier alpha value is -1.39. The van der Waals surface area contributed by atoms with Gasteiger partial charge in [0.2, 0.25) is 0 Å². The molecule has 1 saturated heterocycles. The predicted octanol–water partition coefficient (Wildman–Crippen LogP) is 0.784. The Morgan fingerprint density at radius 2 is 2.17 bits per heavy atom. The van der Waals surface area contributed by atoms with Crippen molar-refractivity contribution < 1.29 is 9.53 Å². The molecule has 0 aromatic carbocycles. The van der Waals surface area contributed by atoms with Crippen LogP contribution in [-0.4, -0.2) is 58.3 Å². The molecule has 0 aliphatic carbocycles. The zero-order chi connectivity index (χ0) is 15.9. The summed E-state index contributed by atoms with van der Waals surface area (Å²) in [5.74, 6) is 1.60. The van der Waals surface area contributed by atoms with E-state index in [4.69, 9.17) is 4.74 Å². The van der Waals surface area contributed by atoms with Gasteiger partial charge in [-0.25, -0.2) is 0 Å². The van der Waals surface area contributed by atoms with Crippen molar-refractivity contribution in [2.75, 3.05) is 26.7 Å². The van der Waals surface area contributed by atoms with Crippen molar-refractivity contribution in [1.82, 2.24) is 25.0 Å². The van der Waals surface area contributed by atoms with Gasteiger partial charge in [0.1, 0.15) is 6.33 Å². The summed E-state index contributed by atoms with van der Waals surface area (Å²) >= 11 is 0. The van der Waals surface area contributed by atoms with Crippen LogP contribution < -0.4 is 5.32 Å². The maximum atomic E-state index is 11.8. The lowest BCUT2D eigenvalue weighted by molar-refractivity contribution is -0.149. The number of halogens is 1. The normalized spacial score (nSPS) is 16.0. The van der Waals surface area contributed by atoms with E-state index in [1.54, 1.807) is 13.4 Å². The van der Waals surface area contributed by atoms with Gasteiger partial charge in [-0.1, -0.05) is 0 Å². The summed E-state index contributed by atoms with van der Waals surface area (Å²) in [7, 11) is 3.67. The Morgan fingerprint density at radius 3 is 2.70 bits per heavy atom. The molecule has 23 heavy (non-hydrogen) atoms. The highest BCUT2D eigenvalue weighted by Gasteiger charge is 2.27. The van der Waals surface area contributed by atoms with Gasteiger partial charge in [-0.05, 0) is 19.8 Å². The maximum Gasteiger partial charge on any atom is 0.309 e. The number of carbonyl (C=O) groups is 1. The molecular formula is C14H25IN6O2. The minimum absolute atomic E-state index is 0. The number of nitrogens with one attached hydrogen (secondary N) is 1. The van der Waals surface area contributed by atoms with Gasteiger partial charge in [-0.3, -0.25) is 9.79 Å². The zero-order valence-electron chi connectivity index (χ0n) is 13.9. The van der Waals surface area contributed by atoms with Crippen LogP contribution in [0.25, 0.3) is 0 Å². The summed E-state index contributed by atoms with van der Waals surface area (Å²) in [6.45, 7) is 4.44. The van der Waals surface area contributed by atoms with Crippen molar-refractivity contribution >= 4 is 35.9 Å². The molecule has 1 aliphatic heterocycles. The lowest BCUT2D eigenvalue weighted by Crippen LogP contribution is -2.46. The van der Waals surface area contributed by atoms with Crippen LogP contribution in [0.2, 0.25) is 0 Å². The maximum absolute atomic E-state index is 11.8. The standard InChI is InChI=1S/C14H24N6O2.HI/c1-4-22-13(21)11-5-7-20(8-6-11)14(15-2)16-9-12-18-17-10-19(12)3;/h10-11H,4-9H2,1-3H3,(H,15,16);1H. The van der Waals surface area contributed by atoms with Crippen molar-refractivity contribution in [3.05, 3.63) is 12.2 Å². The van der Waals surface area contributed by atoms with Crippen LogP contribution in [0.1, 0.15) is 25.6 Å². The first-order valence-electron chi connectivity index (χ1n) is 7.60. The lowest BCUT2D eigenvalue weighted by atomic mass is 9.97. The van der Waals surface area contributed by atoms with Crippen LogP contribution >= 0.6 is 24.0 Å². The molecule has 0 amide bonds. The van der Waals surface area contributed by atoms with Crippen LogP contribution in [0.5, 0.6) is 0 Å². The molecule has 0 atom stereocenters. The van der Waals surface area contributed by atoms with Crippen molar-refractivity contribution in [3.8, 4) is 0 Å². The number of aryl methyl sites for hydroxylation is 1. The Morgan fingerprint density at radius 1 is 1.48 bits per heavy atom. The number of hydrogen-bond donors (Lipinski definition) is 1. The Balaban J connectivity index is 0.00000264. The average Bonchev–Trinajstić information content (AvgIpc) is 2.94. The minimum Gasteiger partial charge on any atom is -0.466 e. The van der Waals surface area contributed by atoms with Gasteiger partial charge < -0.3 is 19.5 Å². The fourth-order valence-electron chi connectivity index (χ4n) is 2.54. The molecule has 1 N–H and O–H groups in total. The molecule has 1 aromatic rings. The molecule has 1 aliphatic rings. The fourth-order valence-corrected chi connectivity index (χ4v) is 2.54. The van der Waals surface area contributed by atoms with Gasteiger partial charge in [-0.15, -0.1) is 34.2 Å². The van der Waals surface area contributed by atoms with E-state index in [0.29, 0.717) is 13.2 Å². The Labute approximate surface area is 153 Å². The van der Waals surface area contributed by atoms with Crippen molar-refractivity contribution in [3.63, 3.8) is 0 Å². The second kappa shape index (κ2) is 9.68. The largest absolute Gasteiger partial charge is 0.466 e. The van der Waals surface area contributed by atoms with Crippen LogP contribution in [0.3, 0.4) is 0 Å². The fraction of sp³-hybridized carbons (Fsp3) is 0.714. The van der Waals surface area contributed by atoms with E-state index in [-0.39, 0.29) is 35.9 Å². The molecule has 0 unspecified atom stereocenters. The van der Waals surface area contributed by atoms with Gasteiger partial charge in [0.15, 0.2) is 11.8 Å². The topological polar surface area (TPSA) is 84.6 Å². The van der Waals surface area contributed by atoms with Gasteiger partial charge in [-0.2, -0.15) is 0 Å². The number of ether oxygens (including phenoxy) is 1. The first-order valence-corrected chi connectivity index (χ1v) is 7.60. The van der Waals surface area contributed by atoms with Crippen LogP contribution in [0.4, 0.5) is 0 Å². The highest BCUT2D eigenvalue weighted by Crippen LogP contribution is 2.18. The molecule has 8 nitrogen and oxygen atoms in total. The number of piperidine rings is 1. The van der Waals surface area contributed by atoms with Crippen LogP contribution in [-0.2, 0) is 23.1 Å². The minimum atomic E-state index is -0.0795. The number of esters is 1. The summed E-state index contributed by atoms with van der Waals surface area (Å²) in [6.07, 6.45) is 3.26. The van der Waals surface area contributed by atoms with E-state index in [9.17, 15) is 4.79 Å². The van der Waals surface area contributed by atoms with E-state index in [1.165, 1.54) is 0 Å². The van der Waals surface area contributed by atoms with Gasteiger partial charge in [0.25, 0.3) is 0 Å². The third-order valence-electron chi connectivity index (χ3n) is 3.84. The molecule has 1 fully saturated rings. The predicted molar refractivity (Wildman–Crippen MR) is 97.5 cm³/mol. The Kier molecular flexibility index (Phi) is 8.28. The van der Waals surface area contributed by atoms with Gasteiger partial charge in [0.05, 0.1) is 19.1 Å². The third-order valence-corrected chi connectivity index (χ3v) is 3.84. The molecule has 0 saturated carbocycles. The number of hydrogen-bond acceptors (Lipinski definition) is 5. The molecule has 0 spiro atoms. The number of likely N-dealkylation sites (tertiary alicyclic amines) is 1. The molecule has 0 radical (unpaired) electrons. The summed E-state index contributed by atoms with van der Waals surface area (Å²) in [6, 6.07) is 0. The van der Waals surface area contributed by atoms with Crippen molar-refractivity contribution in [2.24, 2.45) is 18.0 Å². The first kappa shape index (κ1) is 19.7. The van der Waals surface area contributed by atoms with E-state index >= 15 is 0 Å². The number of aromatic nitrogens is 3. The molecular weight excluding hydrogens is 411 g/mol. The van der Waals surface area contributed by atoms with E-state index < -0.39 is 0 Å². The quantitative estimate of drug-likeness (QED) is 0.325. The molecule has 1 aromatic heterocycles. The number of guanidine groups is 1. The first-order chi connectivity index (χ1) is 10.7.